The van der Waals surface area contributed by atoms with Crippen LogP contribution in [0.3, 0.4) is 0 Å². The van der Waals surface area contributed by atoms with Crippen LogP contribution in [0.5, 0.6) is 0 Å². The Morgan fingerprint density at radius 3 is 3.00 bits per heavy atom. The highest BCUT2D eigenvalue weighted by Gasteiger charge is 2.22. The Morgan fingerprint density at radius 2 is 2.38 bits per heavy atom. The Hall–Kier alpha value is -0.350. The largest absolute Gasteiger partial charge is 0.367 e. The molecule has 5 heteroatoms. The normalized spacial score (nSPS) is 24.7. The molecule has 0 radical (unpaired) electrons. The topological polar surface area (TPSA) is 24.9 Å². The molecule has 1 aromatic rings. The molecule has 1 N–H and O–H groups in total. The van der Waals surface area contributed by atoms with E-state index in [9.17, 15) is 4.39 Å². The summed E-state index contributed by atoms with van der Waals surface area (Å²) in [7, 11) is 0. The summed E-state index contributed by atoms with van der Waals surface area (Å²) in [6.07, 6.45) is 4.76. The first kappa shape index (κ1) is 12.1. The quantitative estimate of drug-likeness (QED) is 0.859. The summed E-state index contributed by atoms with van der Waals surface area (Å²) in [5.41, 5.74) is 0. The molecular formula is C11H13BrClFN2. The molecule has 1 heterocycles. The molecule has 2 atom stereocenters. The zero-order valence-corrected chi connectivity index (χ0v) is 11.1. The third-order valence-electron chi connectivity index (χ3n) is 2.84. The fourth-order valence-electron chi connectivity index (χ4n) is 1.98. The number of hydrogen-bond donors (Lipinski definition) is 1. The molecule has 0 aliphatic heterocycles. The van der Waals surface area contributed by atoms with Crippen LogP contribution >= 0.6 is 27.5 Å². The van der Waals surface area contributed by atoms with E-state index < -0.39 is 0 Å². The van der Waals surface area contributed by atoms with E-state index in [1.54, 1.807) is 6.20 Å². The van der Waals surface area contributed by atoms with E-state index in [0.29, 0.717) is 16.2 Å². The van der Waals surface area contributed by atoms with Gasteiger partial charge in [-0.2, -0.15) is 0 Å². The van der Waals surface area contributed by atoms with E-state index in [0.717, 1.165) is 25.8 Å². The molecule has 0 bridgehead atoms. The maximum atomic E-state index is 13.4. The van der Waals surface area contributed by atoms with E-state index in [-0.39, 0.29) is 11.2 Å². The number of nitrogens with one attached hydrogen (secondary N) is 1. The fourth-order valence-corrected chi connectivity index (χ4v) is 2.67. The molecule has 0 spiro atoms. The van der Waals surface area contributed by atoms with E-state index in [1.165, 1.54) is 6.07 Å². The summed E-state index contributed by atoms with van der Waals surface area (Å²) < 4.78 is 14.1. The molecule has 1 fully saturated rings. The maximum Gasteiger partial charge on any atom is 0.166 e. The predicted molar refractivity (Wildman–Crippen MR) is 67.4 cm³/mol. The van der Waals surface area contributed by atoms with E-state index in [4.69, 9.17) is 11.6 Å². The molecule has 2 nitrogen and oxygen atoms in total. The van der Waals surface area contributed by atoms with E-state index >= 15 is 0 Å². The summed E-state index contributed by atoms with van der Waals surface area (Å²) >= 11 is 9.19. The average Bonchev–Trinajstić information content (AvgIpc) is 2.63. The van der Waals surface area contributed by atoms with Crippen molar-refractivity contribution in [3.63, 3.8) is 0 Å². The zero-order valence-electron chi connectivity index (χ0n) is 8.72. The average molecular weight is 308 g/mol. The number of rotatable bonds is 3. The number of anilines is 1. The van der Waals surface area contributed by atoms with Crippen molar-refractivity contribution in [1.82, 2.24) is 4.98 Å². The highest BCUT2D eigenvalue weighted by molar-refractivity contribution is 9.10. The Kier molecular flexibility index (Phi) is 4.03. The smallest absolute Gasteiger partial charge is 0.166 e. The van der Waals surface area contributed by atoms with Gasteiger partial charge in [0.2, 0.25) is 0 Å². The number of halogens is 3. The molecule has 2 unspecified atom stereocenters. The van der Waals surface area contributed by atoms with Gasteiger partial charge >= 0.3 is 0 Å². The summed E-state index contributed by atoms with van der Waals surface area (Å²) in [5.74, 6) is 0.531. The van der Waals surface area contributed by atoms with Crippen molar-refractivity contribution in [2.45, 2.75) is 24.6 Å². The minimum atomic E-state index is -0.324. The van der Waals surface area contributed by atoms with Gasteiger partial charge in [0.05, 0.1) is 0 Å². The Balaban J connectivity index is 1.89. The molecule has 2 rings (SSSR count). The molecule has 0 aromatic carbocycles. The highest BCUT2D eigenvalue weighted by atomic mass is 79.9. The lowest BCUT2D eigenvalue weighted by Crippen LogP contribution is -2.13. The van der Waals surface area contributed by atoms with Crippen molar-refractivity contribution >= 4 is 33.3 Å². The lowest BCUT2D eigenvalue weighted by molar-refractivity contribution is 0.571. The van der Waals surface area contributed by atoms with Gasteiger partial charge in [0.15, 0.2) is 11.6 Å². The van der Waals surface area contributed by atoms with Crippen molar-refractivity contribution < 1.29 is 4.39 Å². The van der Waals surface area contributed by atoms with Crippen LogP contribution < -0.4 is 5.32 Å². The Labute approximate surface area is 108 Å². The Bertz CT molecular complexity index is 375. The van der Waals surface area contributed by atoms with Crippen molar-refractivity contribution in [1.29, 1.82) is 0 Å². The summed E-state index contributed by atoms with van der Waals surface area (Å²) in [6.45, 7) is 0.745. The lowest BCUT2D eigenvalue weighted by Gasteiger charge is -2.11. The van der Waals surface area contributed by atoms with Crippen LogP contribution in [0.15, 0.2) is 16.7 Å². The van der Waals surface area contributed by atoms with E-state index in [2.05, 4.69) is 26.2 Å². The summed E-state index contributed by atoms with van der Waals surface area (Å²) in [4.78, 5) is 3.99. The second kappa shape index (κ2) is 5.32. The number of pyridine rings is 1. The molecular weight excluding hydrogens is 294 g/mol. The van der Waals surface area contributed by atoms with Gasteiger partial charge in [0.25, 0.3) is 0 Å². The van der Waals surface area contributed by atoms with Crippen LogP contribution in [0.1, 0.15) is 19.3 Å². The molecule has 1 aliphatic carbocycles. The second-order valence-corrected chi connectivity index (χ2v) is 5.67. The lowest BCUT2D eigenvalue weighted by atomic mass is 10.1. The molecule has 0 amide bonds. The predicted octanol–water partition coefficient (Wildman–Crippen LogP) is 3.80. The van der Waals surface area contributed by atoms with Crippen molar-refractivity contribution in [3.8, 4) is 0 Å². The van der Waals surface area contributed by atoms with Crippen LogP contribution in [0.25, 0.3) is 0 Å². The highest BCUT2D eigenvalue weighted by Crippen LogP contribution is 2.29. The van der Waals surface area contributed by atoms with Gasteiger partial charge in [0.1, 0.15) is 0 Å². The van der Waals surface area contributed by atoms with Crippen molar-refractivity contribution in [3.05, 3.63) is 22.6 Å². The first-order chi connectivity index (χ1) is 7.65. The van der Waals surface area contributed by atoms with E-state index in [1.807, 2.05) is 0 Å². The van der Waals surface area contributed by atoms with Gasteiger partial charge in [-0.25, -0.2) is 9.37 Å². The third-order valence-corrected chi connectivity index (χ3v) is 3.67. The zero-order chi connectivity index (χ0) is 11.5. The molecule has 0 saturated heterocycles. The number of hydrogen-bond acceptors (Lipinski definition) is 2. The van der Waals surface area contributed by atoms with Crippen LogP contribution in [0.4, 0.5) is 10.2 Å². The van der Waals surface area contributed by atoms with Gasteiger partial charge in [-0.05, 0) is 47.2 Å². The molecule has 88 valence electrons. The minimum absolute atomic E-state index is 0.287. The van der Waals surface area contributed by atoms with Crippen molar-refractivity contribution in [2.24, 2.45) is 5.92 Å². The maximum absolute atomic E-state index is 13.4. The van der Waals surface area contributed by atoms with Gasteiger partial charge in [0, 0.05) is 22.6 Å². The number of alkyl halides is 1. The molecule has 16 heavy (non-hydrogen) atoms. The summed E-state index contributed by atoms with van der Waals surface area (Å²) in [5, 5.41) is 3.32. The van der Waals surface area contributed by atoms with Crippen LogP contribution in [0, 0.1) is 11.7 Å². The molecule has 1 aromatic heterocycles. The van der Waals surface area contributed by atoms with Gasteiger partial charge in [-0.1, -0.05) is 0 Å². The first-order valence-corrected chi connectivity index (χ1v) is 6.57. The van der Waals surface area contributed by atoms with Crippen molar-refractivity contribution in [2.75, 3.05) is 11.9 Å². The first-order valence-electron chi connectivity index (χ1n) is 5.34. The number of aromatic nitrogens is 1. The molecule has 1 saturated carbocycles. The SMILES string of the molecule is Fc1cc(Br)cnc1NCC1CCC(Cl)C1. The standard InChI is InChI=1S/C11H13BrClFN2/c12-8-4-10(14)11(16-6-8)15-5-7-1-2-9(13)3-7/h4,6-7,9H,1-3,5H2,(H,15,16). The Morgan fingerprint density at radius 1 is 1.56 bits per heavy atom. The monoisotopic (exact) mass is 306 g/mol. The molecule has 1 aliphatic rings. The van der Waals surface area contributed by atoms with Gasteiger partial charge in [-0.3, -0.25) is 0 Å². The second-order valence-electron chi connectivity index (χ2n) is 4.14. The summed E-state index contributed by atoms with van der Waals surface area (Å²) in [6, 6.07) is 1.41. The van der Waals surface area contributed by atoms with Crippen LogP contribution in [0.2, 0.25) is 0 Å². The fraction of sp³-hybridized carbons (Fsp3) is 0.545. The van der Waals surface area contributed by atoms with Crippen LogP contribution in [-0.2, 0) is 0 Å². The van der Waals surface area contributed by atoms with Gasteiger partial charge in [-0.15, -0.1) is 11.6 Å². The third kappa shape index (κ3) is 3.08. The number of nitrogens with zero attached hydrogens (tertiary/aromatic N) is 1. The van der Waals surface area contributed by atoms with Gasteiger partial charge < -0.3 is 5.32 Å². The van der Waals surface area contributed by atoms with Crippen LogP contribution in [-0.4, -0.2) is 16.9 Å². The minimum Gasteiger partial charge on any atom is -0.367 e.